The fourth-order valence-electron chi connectivity index (χ4n) is 1.52. The van der Waals surface area contributed by atoms with Crippen LogP contribution in [0.5, 0.6) is 0 Å². The number of hydrogen-bond acceptors (Lipinski definition) is 3. The van der Waals surface area contributed by atoms with Crippen molar-refractivity contribution in [3.8, 4) is 17.6 Å². The smallest absolute Gasteiger partial charge is 0.159 e. The Labute approximate surface area is 87.8 Å². The number of nitrogens with zero attached hydrogens (tertiary/aromatic N) is 4. The van der Waals surface area contributed by atoms with Crippen molar-refractivity contribution < 1.29 is 0 Å². The summed E-state index contributed by atoms with van der Waals surface area (Å²) in [5.74, 6) is 0.727. The first-order valence-corrected chi connectivity index (χ1v) is 4.59. The molecule has 2 rings (SSSR count). The number of imidazole rings is 1. The maximum atomic E-state index is 8.93. The molecule has 0 atom stereocenters. The first kappa shape index (κ1) is 9.41. The van der Waals surface area contributed by atoms with Crippen LogP contribution in [0.1, 0.15) is 11.4 Å². The van der Waals surface area contributed by atoms with Crippen LogP contribution in [0.3, 0.4) is 0 Å². The van der Waals surface area contributed by atoms with E-state index in [4.69, 9.17) is 5.26 Å². The molecule has 0 aliphatic heterocycles. The summed E-state index contributed by atoms with van der Waals surface area (Å²) in [6.45, 7) is 1.82. The zero-order chi connectivity index (χ0) is 10.8. The maximum Gasteiger partial charge on any atom is 0.159 e. The van der Waals surface area contributed by atoms with Gasteiger partial charge in [0.05, 0.1) is 5.69 Å². The fraction of sp³-hybridized carbons (Fsp3) is 0.182. The second-order valence-corrected chi connectivity index (χ2v) is 3.26. The Morgan fingerprint density at radius 3 is 2.73 bits per heavy atom. The Kier molecular flexibility index (Phi) is 2.22. The lowest BCUT2D eigenvalue weighted by Crippen LogP contribution is -1.96. The molecule has 15 heavy (non-hydrogen) atoms. The minimum absolute atomic E-state index is 0.579. The van der Waals surface area contributed by atoms with Gasteiger partial charge in [-0.1, -0.05) is 6.07 Å². The highest BCUT2D eigenvalue weighted by atomic mass is 15.1. The molecule has 2 heterocycles. The molecule has 4 heteroatoms. The van der Waals surface area contributed by atoms with E-state index in [-0.39, 0.29) is 0 Å². The van der Waals surface area contributed by atoms with Gasteiger partial charge in [-0.25, -0.2) is 4.98 Å². The summed E-state index contributed by atoms with van der Waals surface area (Å²) in [7, 11) is 1.82. The molecule has 0 aliphatic carbocycles. The quantitative estimate of drug-likeness (QED) is 0.700. The predicted molar refractivity (Wildman–Crippen MR) is 55.9 cm³/mol. The van der Waals surface area contributed by atoms with E-state index in [2.05, 4.69) is 16.0 Å². The molecule has 0 spiro atoms. The van der Waals surface area contributed by atoms with Gasteiger partial charge in [-0.3, -0.25) is 4.98 Å². The molecule has 2 aromatic heterocycles. The lowest BCUT2D eigenvalue weighted by Gasteiger charge is -2.00. The standard InChI is InChI=1S/C11H10N4/c1-8-10(7-12)15(2)11(14-8)9-5-3-4-6-13-9/h3-6H,1-2H3. The van der Waals surface area contributed by atoms with E-state index in [0.29, 0.717) is 5.69 Å². The molecular weight excluding hydrogens is 188 g/mol. The van der Waals surface area contributed by atoms with Crippen molar-refractivity contribution in [1.82, 2.24) is 14.5 Å². The van der Waals surface area contributed by atoms with Crippen molar-refractivity contribution in [2.24, 2.45) is 7.05 Å². The first-order valence-electron chi connectivity index (χ1n) is 4.59. The largest absolute Gasteiger partial charge is 0.317 e. The van der Waals surface area contributed by atoms with E-state index >= 15 is 0 Å². The molecule has 0 bridgehead atoms. The van der Waals surface area contributed by atoms with Crippen LogP contribution >= 0.6 is 0 Å². The molecule has 0 N–H and O–H groups in total. The molecule has 0 fully saturated rings. The summed E-state index contributed by atoms with van der Waals surface area (Å²) >= 11 is 0. The highest BCUT2D eigenvalue weighted by Gasteiger charge is 2.12. The van der Waals surface area contributed by atoms with Crippen LogP contribution < -0.4 is 0 Å². The lowest BCUT2D eigenvalue weighted by molar-refractivity contribution is 0.900. The Bertz CT molecular complexity index is 520. The van der Waals surface area contributed by atoms with Crippen LogP contribution in [0.4, 0.5) is 0 Å². The molecule has 0 saturated heterocycles. The molecule has 0 aliphatic rings. The lowest BCUT2D eigenvalue weighted by atomic mass is 10.3. The number of aromatic nitrogens is 3. The molecule has 74 valence electrons. The minimum Gasteiger partial charge on any atom is -0.317 e. The number of nitriles is 1. The van der Waals surface area contributed by atoms with Gasteiger partial charge < -0.3 is 4.57 Å². The number of pyridine rings is 1. The van der Waals surface area contributed by atoms with Crippen LogP contribution in [0.25, 0.3) is 11.5 Å². The number of rotatable bonds is 1. The second kappa shape index (κ2) is 3.54. The van der Waals surface area contributed by atoms with Gasteiger partial charge in [0.2, 0.25) is 0 Å². The van der Waals surface area contributed by atoms with Crippen molar-refractivity contribution in [2.45, 2.75) is 6.92 Å². The highest BCUT2D eigenvalue weighted by Crippen LogP contribution is 2.17. The second-order valence-electron chi connectivity index (χ2n) is 3.26. The van der Waals surface area contributed by atoms with Gasteiger partial charge in [0.1, 0.15) is 17.5 Å². The van der Waals surface area contributed by atoms with Crippen molar-refractivity contribution in [1.29, 1.82) is 5.26 Å². The molecule has 0 aromatic carbocycles. The van der Waals surface area contributed by atoms with Crippen molar-refractivity contribution in [2.75, 3.05) is 0 Å². The Balaban J connectivity index is 2.62. The Morgan fingerprint density at radius 1 is 1.40 bits per heavy atom. The monoisotopic (exact) mass is 198 g/mol. The van der Waals surface area contributed by atoms with Gasteiger partial charge in [0, 0.05) is 13.2 Å². The van der Waals surface area contributed by atoms with E-state index in [1.54, 1.807) is 10.8 Å². The van der Waals surface area contributed by atoms with Crippen LogP contribution in [0.2, 0.25) is 0 Å². The van der Waals surface area contributed by atoms with E-state index in [0.717, 1.165) is 17.2 Å². The third kappa shape index (κ3) is 1.48. The topological polar surface area (TPSA) is 54.5 Å². The number of hydrogen-bond donors (Lipinski definition) is 0. The first-order chi connectivity index (χ1) is 7.24. The molecule has 0 unspecified atom stereocenters. The van der Waals surface area contributed by atoms with Crippen molar-refractivity contribution in [3.63, 3.8) is 0 Å². The van der Waals surface area contributed by atoms with Gasteiger partial charge in [0.15, 0.2) is 5.82 Å². The minimum atomic E-state index is 0.579. The SMILES string of the molecule is Cc1nc(-c2ccccn2)n(C)c1C#N. The highest BCUT2D eigenvalue weighted by molar-refractivity contribution is 5.52. The van der Waals surface area contributed by atoms with Gasteiger partial charge in [-0.2, -0.15) is 5.26 Å². The summed E-state index contributed by atoms with van der Waals surface area (Å²) in [5, 5.41) is 8.93. The summed E-state index contributed by atoms with van der Waals surface area (Å²) in [6.07, 6.45) is 1.71. The van der Waals surface area contributed by atoms with E-state index < -0.39 is 0 Å². The molecule has 4 nitrogen and oxygen atoms in total. The van der Waals surface area contributed by atoms with Gasteiger partial charge >= 0.3 is 0 Å². The Morgan fingerprint density at radius 2 is 2.20 bits per heavy atom. The van der Waals surface area contributed by atoms with Crippen LogP contribution in [0, 0.1) is 18.3 Å². The van der Waals surface area contributed by atoms with Crippen LogP contribution in [0.15, 0.2) is 24.4 Å². The molecule has 0 radical (unpaired) electrons. The molecule has 0 saturated carbocycles. The van der Waals surface area contributed by atoms with Crippen LogP contribution in [-0.4, -0.2) is 14.5 Å². The Hall–Kier alpha value is -2.15. The van der Waals surface area contributed by atoms with Crippen molar-refractivity contribution in [3.05, 3.63) is 35.8 Å². The van der Waals surface area contributed by atoms with E-state index in [9.17, 15) is 0 Å². The molecule has 0 amide bonds. The third-order valence-corrected chi connectivity index (χ3v) is 2.27. The maximum absolute atomic E-state index is 8.93. The molecule has 2 aromatic rings. The third-order valence-electron chi connectivity index (χ3n) is 2.27. The normalized spacial score (nSPS) is 9.93. The summed E-state index contributed by atoms with van der Waals surface area (Å²) in [6, 6.07) is 7.76. The van der Waals surface area contributed by atoms with Gasteiger partial charge in [-0.15, -0.1) is 0 Å². The van der Waals surface area contributed by atoms with Crippen molar-refractivity contribution >= 4 is 0 Å². The summed E-state index contributed by atoms with van der Waals surface area (Å²) in [4.78, 5) is 8.54. The van der Waals surface area contributed by atoms with Gasteiger partial charge in [-0.05, 0) is 19.1 Å². The van der Waals surface area contributed by atoms with E-state index in [1.165, 1.54) is 0 Å². The summed E-state index contributed by atoms with van der Waals surface area (Å²) < 4.78 is 1.76. The molecular formula is C11H10N4. The number of aryl methyl sites for hydroxylation is 1. The van der Waals surface area contributed by atoms with Crippen LogP contribution in [-0.2, 0) is 7.05 Å². The predicted octanol–water partition coefficient (Wildman–Crippen LogP) is 1.66. The fourth-order valence-corrected chi connectivity index (χ4v) is 1.52. The van der Waals surface area contributed by atoms with Gasteiger partial charge in [0.25, 0.3) is 0 Å². The zero-order valence-corrected chi connectivity index (χ0v) is 8.60. The average Bonchev–Trinajstić information content (AvgIpc) is 2.55. The van der Waals surface area contributed by atoms with E-state index in [1.807, 2.05) is 32.2 Å². The average molecular weight is 198 g/mol. The summed E-state index contributed by atoms with van der Waals surface area (Å²) in [5.41, 5.74) is 2.10. The zero-order valence-electron chi connectivity index (χ0n) is 8.60.